The molecule has 0 N–H and O–H groups in total. The van der Waals surface area contributed by atoms with Gasteiger partial charge < -0.3 is 9.47 Å². The molecular formula is C17H22O3. The molecule has 108 valence electrons. The van der Waals surface area contributed by atoms with Gasteiger partial charge in [0.15, 0.2) is 0 Å². The fourth-order valence-electron chi connectivity index (χ4n) is 2.80. The minimum Gasteiger partial charge on any atom is -0.490 e. The van der Waals surface area contributed by atoms with E-state index in [1.54, 1.807) is 6.08 Å². The Kier molecular flexibility index (Phi) is 5.22. The SMILES string of the molecule is C=CCOc1ccc([C@@H]2CCCC[C@H]2OC(C)=O)cc1. The Labute approximate surface area is 120 Å². The maximum Gasteiger partial charge on any atom is 0.302 e. The van der Waals surface area contributed by atoms with Crippen molar-refractivity contribution in [2.75, 3.05) is 6.61 Å². The van der Waals surface area contributed by atoms with Crippen molar-refractivity contribution in [2.24, 2.45) is 0 Å². The molecule has 1 aliphatic carbocycles. The molecule has 1 fully saturated rings. The van der Waals surface area contributed by atoms with Crippen LogP contribution in [0.3, 0.4) is 0 Å². The van der Waals surface area contributed by atoms with Crippen LogP contribution in [0, 0.1) is 0 Å². The summed E-state index contributed by atoms with van der Waals surface area (Å²) in [5.41, 5.74) is 1.22. The van der Waals surface area contributed by atoms with Crippen LogP contribution in [0.2, 0.25) is 0 Å². The van der Waals surface area contributed by atoms with E-state index in [1.165, 1.54) is 18.9 Å². The molecule has 3 heteroatoms. The highest BCUT2D eigenvalue weighted by Gasteiger charge is 2.28. The first kappa shape index (κ1) is 14.6. The van der Waals surface area contributed by atoms with Crippen LogP contribution in [0.4, 0.5) is 0 Å². The molecule has 20 heavy (non-hydrogen) atoms. The second kappa shape index (κ2) is 7.13. The van der Waals surface area contributed by atoms with E-state index in [9.17, 15) is 4.79 Å². The van der Waals surface area contributed by atoms with Gasteiger partial charge in [0.25, 0.3) is 0 Å². The maximum absolute atomic E-state index is 11.2. The third kappa shape index (κ3) is 3.86. The van der Waals surface area contributed by atoms with Gasteiger partial charge >= 0.3 is 5.97 Å². The molecule has 2 atom stereocenters. The second-order valence-corrected chi connectivity index (χ2v) is 5.21. The van der Waals surface area contributed by atoms with E-state index in [2.05, 4.69) is 18.7 Å². The summed E-state index contributed by atoms with van der Waals surface area (Å²) in [6.45, 7) is 5.63. The lowest BCUT2D eigenvalue weighted by Gasteiger charge is -2.31. The van der Waals surface area contributed by atoms with Crippen LogP contribution in [-0.4, -0.2) is 18.7 Å². The molecule has 0 unspecified atom stereocenters. The van der Waals surface area contributed by atoms with Crippen LogP contribution < -0.4 is 4.74 Å². The lowest BCUT2D eigenvalue weighted by Crippen LogP contribution is -2.27. The van der Waals surface area contributed by atoms with E-state index in [1.807, 2.05) is 12.1 Å². The summed E-state index contributed by atoms with van der Waals surface area (Å²) in [5.74, 6) is 0.961. The smallest absolute Gasteiger partial charge is 0.302 e. The number of carbonyl (C=O) groups is 1. The number of esters is 1. The first-order valence-electron chi connectivity index (χ1n) is 7.21. The first-order chi connectivity index (χ1) is 9.70. The van der Waals surface area contributed by atoms with Gasteiger partial charge in [-0.3, -0.25) is 4.79 Å². The third-order valence-corrected chi connectivity index (χ3v) is 3.70. The molecule has 3 nitrogen and oxygen atoms in total. The molecule has 1 aromatic carbocycles. The minimum atomic E-state index is -0.187. The molecule has 0 aliphatic heterocycles. The van der Waals surface area contributed by atoms with Crippen molar-refractivity contribution in [3.63, 3.8) is 0 Å². The van der Waals surface area contributed by atoms with Gasteiger partial charge in [-0.15, -0.1) is 0 Å². The van der Waals surface area contributed by atoms with E-state index in [0.717, 1.165) is 25.0 Å². The van der Waals surface area contributed by atoms with Crippen molar-refractivity contribution >= 4 is 5.97 Å². The van der Waals surface area contributed by atoms with Gasteiger partial charge in [-0.05, 0) is 37.0 Å². The van der Waals surface area contributed by atoms with Crippen LogP contribution in [0.5, 0.6) is 5.75 Å². The highest BCUT2D eigenvalue weighted by Crippen LogP contribution is 2.35. The van der Waals surface area contributed by atoms with Crippen LogP contribution in [-0.2, 0) is 9.53 Å². The number of rotatable bonds is 5. The molecule has 0 radical (unpaired) electrons. The zero-order valence-electron chi connectivity index (χ0n) is 12.0. The molecule has 2 rings (SSSR count). The summed E-state index contributed by atoms with van der Waals surface area (Å²) < 4.78 is 11.0. The normalized spacial score (nSPS) is 22.1. The van der Waals surface area contributed by atoms with E-state index in [-0.39, 0.29) is 12.1 Å². The average Bonchev–Trinajstić information content (AvgIpc) is 2.46. The van der Waals surface area contributed by atoms with Gasteiger partial charge in [0.2, 0.25) is 0 Å². The van der Waals surface area contributed by atoms with E-state index in [0.29, 0.717) is 12.5 Å². The summed E-state index contributed by atoms with van der Waals surface area (Å²) >= 11 is 0. The van der Waals surface area contributed by atoms with Gasteiger partial charge in [-0.1, -0.05) is 31.2 Å². The van der Waals surface area contributed by atoms with Gasteiger partial charge in [-0.25, -0.2) is 0 Å². The van der Waals surface area contributed by atoms with E-state index >= 15 is 0 Å². The molecular weight excluding hydrogens is 252 g/mol. The first-order valence-corrected chi connectivity index (χ1v) is 7.21. The molecule has 1 aromatic rings. The van der Waals surface area contributed by atoms with Gasteiger partial charge in [0.05, 0.1) is 0 Å². The Hall–Kier alpha value is -1.77. The van der Waals surface area contributed by atoms with Crippen LogP contribution >= 0.6 is 0 Å². The molecule has 0 spiro atoms. The van der Waals surface area contributed by atoms with Crippen LogP contribution in [0.25, 0.3) is 0 Å². The summed E-state index contributed by atoms with van der Waals surface area (Å²) in [7, 11) is 0. The molecule has 0 amide bonds. The van der Waals surface area contributed by atoms with E-state index in [4.69, 9.17) is 9.47 Å². The standard InChI is InChI=1S/C17H22O3/c1-3-12-19-15-10-8-14(9-11-15)16-6-4-5-7-17(16)20-13(2)18/h3,8-11,16-17H,1,4-7,12H2,2H3/t16-,17+/m0/s1. The van der Waals surface area contributed by atoms with Gasteiger partial charge in [0.1, 0.15) is 18.5 Å². The third-order valence-electron chi connectivity index (χ3n) is 3.70. The highest BCUT2D eigenvalue weighted by molar-refractivity contribution is 5.66. The Balaban J connectivity index is 2.07. The minimum absolute atomic E-state index is 0.0150. The Morgan fingerprint density at radius 2 is 2.00 bits per heavy atom. The summed E-state index contributed by atoms with van der Waals surface area (Å²) in [6.07, 6.45) is 6.10. The van der Waals surface area contributed by atoms with Crippen molar-refractivity contribution in [1.29, 1.82) is 0 Å². The predicted molar refractivity (Wildman–Crippen MR) is 78.9 cm³/mol. The lowest BCUT2D eigenvalue weighted by molar-refractivity contribution is -0.148. The van der Waals surface area contributed by atoms with Crippen LogP contribution in [0.15, 0.2) is 36.9 Å². The molecule has 0 aromatic heterocycles. The quantitative estimate of drug-likeness (QED) is 0.604. The zero-order valence-corrected chi connectivity index (χ0v) is 12.0. The fourth-order valence-corrected chi connectivity index (χ4v) is 2.80. The largest absolute Gasteiger partial charge is 0.490 e. The Morgan fingerprint density at radius 1 is 1.30 bits per heavy atom. The topological polar surface area (TPSA) is 35.5 Å². The van der Waals surface area contributed by atoms with Crippen molar-refractivity contribution in [3.8, 4) is 5.75 Å². The monoisotopic (exact) mass is 274 g/mol. The number of ether oxygens (including phenoxy) is 2. The molecule has 1 saturated carbocycles. The maximum atomic E-state index is 11.2. The van der Waals surface area contributed by atoms with Crippen molar-refractivity contribution in [2.45, 2.75) is 44.6 Å². The number of hydrogen-bond acceptors (Lipinski definition) is 3. The lowest BCUT2D eigenvalue weighted by atomic mass is 9.81. The second-order valence-electron chi connectivity index (χ2n) is 5.21. The fraction of sp³-hybridized carbons (Fsp3) is 0.471. The summed E-state index contributed by atoms with van der Waals surface area (Å²) in [5, 5.41) is 0. The zero-order chi connectivity index (χ0) is 14.4. The number of benzene rings is 1. The number of hydrogen-bond donors (Lipinski definition) is 0. The van der Waals surface area contributed by atoms with Gasteiger partial charge in [0, 0.05) is 12.8 Å². The predicted octanol–water partition coefficient (Wildman–Crippen LogP) is 3.84. The van der Waals surface area contributed by atoms with Gasteiger partial charge in [-0.2, -0.15) is 0 Å². The average molecular weight is 274 g/mol. The highest BCUT2D eigenvalue weighted by atomic mass is 16.5. The molecule has 0 saturated heterocycles. The molecule has 0 bridgehead atoms. The van der Waals surface area contributed by atoms with Crippen LogP contribution in [0.1, 0.15) is 44.1 Å². The number of carbonyl (C=O) groups excluding carboxylic acids is 1. The Bertz CT molecular complexity index is 450. The van der Waals surface area contributed by atoms with Crippen molar-refractivity contribution in [3.05, 3.63) is 42.5 Å². The molecule has 1 aliphatic rings. The van der Waals surface area contributed by atoms with Crippen molar-refractivity contribution in [1.82, 2.24) is 0 Å². The summed E-state index contributed by atoms with van der Waals surface area (Å²) in [4.78, 5) is 11.2. The van der Waals surface area contributed by atoms with Crippen molar-refractivity contribution < 1.29 is 14.3 Å². The molecule has 0 heterocycles. The Morgan fingerprint density at radius 3 is 2.65 bits per heavy atom. The van der Waals surface area contributed by atoms with E-state index < -0.39 is 0 Å². The summed E-state index contributed by atoms with van der Waals surface area (Å²) in [6, 6.07) is 8.09.